The Morgan fingerprint density at radius 2 is 2.12 bits per heavy atom. The highest BCUT2D eigenvalue weighted by atomic mass is 32.1. The Labute approximate surface area is 153 Å². The molecule has 3 heterocycles. The fourth-order valence-electron chi connectivity index (χ4n) is 2.69. The summed E-state index contributed by atoms with van der Waals surface area (Å²) in [5, 5.41) is 0. The van der Waals surface area contributed by atoms with Crippen LogP contribution in [0.25, 0.3) is 11.2 Å². The van der Waals surface area contributed by atoms with Gasteiger partial charge >= 0.3 is 11.7 Å². The summed E-state index contributed by atoms with van der Waals surface area (Å²) in [6, 6.07) is 3.56. The molecule has 0 atom stereocenters. The number of nitrogens with one attached hydrogen (secondary N) is 1. The summed E-state index contributed by atoms with van der Waals surface area (Å²) in [6.45, 7) is 4.31. The second-order valence-corrected chi connectivity index (χ2v) is 7.30. The number of fused-ring (bicyclic) bond motifs is 1. The maximum Gasteiger partial charge on any atom is 0.348 e. The van der Waals surface area contributed by atoms with Crippen molar-refractivity contribution in [2.75, 3.05) is 0 Å². The Hall–Kier alpha value is -2.68. The molecule has 0 spiro atoms. The second-order valence-electron chi connectivity index (χ2n) is 6.01. The van der Waals surface area contributed by atoms with E-state index in [1.807, 2.05) is 19.9 Å². The molecule has 138 valence electrons. The number of aryl methyl sites for hydroxylation is 3. The number of ether oxygens (including phenoxy) is 1. The lowest BCUT2D eigenvalue weighted by atomic mass is 10.3. The number of carbonyl (C=O) groups excluding carboxylic acids is 1. The average molecular weight is 376 g/mol. The van der Waals surface area contributed by atoms with Crippen LogP contribution in [0.4, 0.5) is 0 Å². The van der Waals surface area contributed by atoms with E-state index in [0.29, 0.717) is 28.4 Å². The highest BCUT2D eigenvalue weighted by Gasteiger charge is 2.18. The van der Waals surface area contributed by atoms with E-state index in [-0.39, 0.29) is 6.61 Å². The number of aromatic nitrogens is 4. The fraction of sp³-hybridized carbons (Fsp3) is 0.412. The second kappa shape index (κ2) is 7.28. The highest BCUT2D eigenvalue weighted by Crippen LogP contribution is 2.17. The van der Waals surface area contributed by atoms with Crippen molar-refractivity contribution < 1.29 is 9.53 Å². The summed E-state index contributed by atoms with van der Waals surface area (Å²) >= 11 is 1.35. The molecule has 3 aromatic heterocycles. The van der Waals surface area contributed by atoms with Crippen LogP contribution in [0.15, 0.2) is 21.7 Å². The molecule has 0 amide bonds. The smallest absolute Gasteiger partial charge is 0.348 e. The molecule has 9 heteroatoms. The van der Waals surface area contributed by atoms with E-state index in [2.05, 4.69) is 9.97 Å². The van der Waals surface area contributed by atoms with Crippen molar-refractivity contribution in [2.45, 2.75) is 39.8 Å². The number of unbranched alkanes of at least 4 members (excludes halogenated alkanes) is 1. The van der Waals surface area contributed by atoms with Gasteiger partial charge in [0.2, 0.25) is 0 Å². The molecule has 0 saturated heterocycles. The largest absolute Gasteiger partial charge is 0.453 e. The Morgan fingerprint density at radius 1 is 1.35 bits per heavy atom. The number of thiophene rings is 1. The van der Waals surface area contributed by atoms with Gasteiger partial charge in [-0.3, -0.25) is 14.3 Å². The first-order valence-corrected chi connectivity index (χ1v) is 9.16. The van der Waals surface area contributed by atoms with Crippen LogP contribution < -0.4 is 11.2 Å². The van der Waals surface area contributed by atoms with Crippen LogP contribution in [0, 0.1) is 6.92 Å². The first-order valence-electron chi connectivity index (χ1n) is 8.34. The lowest BCUT2D eigenvalue weighted by Gasteiger charge is -2.04. The summed E-state index contributed by atoms with van der Waals surface area (Å²) in [7, 11) is 1.66. The van der Waals surface area contributed by atoms with Crippen molar-refractivity contribution >= 4 is 28.5 Å². The van der Waals surface area contributed by atoms with Crippen molar-refractivity contribution in [1.82, 2.24) is 19.1 Å². The van der Waals surface area contributed by atoms with E-state index >= 15 is 0 Å². The van der Waals surface area contributed by atoms with Gasteiger partial charge in [-0.05, 0) is 25.5 Å². The van der Waals surface area contributed by atoms with Gasteiger partial charge in [-0.25, -0.2) is 14.6 Å². The Morgan fingerprint density at radius 3 is 2.77 bits per heavy atom. The Bertz CT molecular complexity index is 1070. The van der Waals surface area contributed by atoms with Gasteiger partial charge in [0.15, 0.2) is 11.2 Å². The molecule has 0 saturated carbocycles. The van der Waals surface area contributed by atoms with E-state index in [1.54, 1.807) is 17.7 Å². The summed E-state index contributed by atoms with van der Waals surface area (Å²) in [6.07, 6.45) is 1.70. The monoisotopic (exact) mass is 376 g/mol. The van der Waals surface area contributed by atoms with E-state index in [1.165, 1.54) is 15.9 Å². The molecule has 8 nitrogen and oxygen atoms in total. The first kappa shape index (κ1) is 18.1. The number of rotatable bonds is 6. The van der Waals surface area contributed by atoms with Gasteiger partial charge in [-0.2, -0.15) is 0 Å². The number of imidazole rings is 1. The van der Waals surface area contributed by atoms with Gasteiger partial charge < -0.3 is 9.30 Å². The minimum absolute atomic E-state index is 0.0810. The van der Waals surface area contributed by atoms with Crippen molar-refractivity contribution in [3.8, 4) is 0 Å². The summed E-state index contributed by atoms with van der Waals surface area (Å²) < 4.78 is 8.33. The van der Waals surface area contributed by atoms with E-state index in [4.69, 9.17) is 4.74 Å². The Balaban J connectivity index is 1.93. The lowest BCUT2D eigenvalue weighted by Crippen LogP contribution is -2.31. The number of carbonyl (C=O) groups is 1. The van der Waals surface area contributed by atoms with Crippen LogP contribution >= 0.6 is 11.3 Å². The van der Waals surface area contributed by atoms with Gasteiger partial charge in [0.05, 0.1) is 0 Å². The van der Waals surface area contributed by atoms with Crippen LogP contribution in [-0.4, -0.2) is 25.1 Å². The molecule has 0 aliphatic rings. The number of esters is 1. The number of hydrogen-bond acceptors (Lipinski definition) is 6. The Kier molecular flexibility index (Phi) is 5.08. The molecule has 0 aliphatic carbocycles. The summed E-state index contributed by atoms with van der Waals surface area (Å²) in [4.78, 5) is 44.7. The molecule has 1 N–H and O–H groups in total. The van der Waals surface area contributed by atoms with E-state index < -0.39 is 17.2 Å². The minimum Gasteiger partial charge on any atom is -0.453 e. The standard InChI is InChI=1S/C17H20N4O4S/c1-4-5-8-21-14-13(15(22)19-17(21)24)20(3)12(18-14)9-25-16(23)11-7-6-10(2)26-11/h6-7H,4-5,8-9H2,1-3H3,(H,19,22,24). The third kappa shape index (κ3) is 3.34. The summed E-state index contributed by atoms with van der Waals surface area (Å²) in [5.41, 5.74) is -0.378. The van der Waals surface area contributed by atoms with E-state index in [0.717, 1.165) is 17.7 Å². The zero-order valence-electron chi connectivity index (χ0n) is 14.9. The minimum atomic E-state index is -0.501. The van der Waals surface area contributed by atoms with Crippen molar-refractivity contribution in [3.63, 3.8) is 0 Å². The summed E-state index contributed by atoms with van der Waals surface area (Å²) in [5.74, 6) is -0.0320. The average Bonchev–Trinajstić information content (AvgIpc) is 3.16. The quantitative estimate of drug-likeness (QED) is 0.663. The maximum absolute atomic E-state index is 12.2. The van der Waals surface area contributed by atoms with Gasteiger partial charge in [0.1, 0.15) is 17.3 Å². The van der Waals surface area contributed by atoms with E-state index in [9.17, 15) is 14.4 Å². The van der Waals surface area contributed by atoms with Crippen molar-refractivity contribution in [1.29, 1.82) is 0 Å². The highest BCUT2D eigenvalue weighted by molar-refractivity contribution is 7.13. The van der Waals surface area contributed by atoms with Crippen LogP contribution in [0.3, 0.4) is 0 Å². The number of hydrogen-bond donors (Lipinski definition) is 1. The molecule has 0 fully saturated rings. The van der Waals surface area contributed by atoms with Crippen molar-refractivity contribution in [2.24, 2.45) is 7.05 Å². The predicted octanol–water partition coefficient (Wildman–Crippen LogP) is 1.95. The topological polar surface area (TPSA) is 99.0 Å². The number of aromatic amines is 1. The molecule has 26 heavy (non-hydrogen) atoms. The predicted molar refractivity (Wildman–Crippen MR) is 98.7 cm³/mol. The maximum atomic E-state index is 12.2. The molecular weight excluding hydrogens is 356 g/mol. The normalized spacial score (nSPS) is 11.2. The molecule has 0 radical (unpaired) electrons. The third-order valence-corrected chi connectivity index (χ3v) is 5.10. The number of H-pyrrole nitrogens is 1. The third-order valence-electron chi connectivity index (χ3n) is 4.11. The van der Waals surface area contributed by atoms with Crippen LogP contribution in [0.5, 0.6) is 0 Å². The zero-order valence-corrected chi connectivity index (χ0v) is 15.7. The zero-order chi connectivity index (χ0) is 18.8. The van der Waals surface area contributed by atoms with Crippen LogP contribution in [0.1, 0.15) is 40.1 Å². The molecule has 0 aromatic carbocycles. The van der Waals surface area contributed by atoms with Crippen molar-refractivity contribution in [3.05, 3.63) is 48.5 Å². The molecule has 3 rings (SSSR count). The molecule has 0 unspecified atom stereocenters. The molecule has 0 aliphatic heterocycles. The first-order chi connectivity index (χ1) is 12.4. The van der Waals surface area contributed by atoms with Gasteiger partial charge in [-0.15, -0.1) is 11.3 Å². The molecule has 3 aromatic rings. The van der Waals surface area contributed by atoms with Gasteiger partial charge in [0, 0.05) is 18.5 Å². The van der Waals surface area contributed by atoms with Gasteiger partial charge in [-0.1, -0.05) is 13.3 Å². The molecule has 0 bridgehead atoms. The lowest BCUT2D eigenvalue weighted by molar-refractivity contribution is 0.0465. The van der Waals surface area contributed by atoms with Gasteiger partial charge in [0.25, 0.3) is 5.56 Å². The molecular formula is C17H20N4O4S. The number of nitrogens with zero attached hydrogens (tertiary/aromatic N) is 3. The SMILES string of the molecule is CCCCn1c(=O)[nH]c(=O)c2c1nc(COC(=O)c1ccc(C)s1)n2C. The van der Waals surface area contributed by atoms with Crippen LogP contribution in [0.2, 0.25) is 0 Å². The van der Waals surface area contributed by atoms with Crippen LogP contribution in [-0.2, 0) is 24.9 Å². The fourth-order valence-corrected chi connectivity index (χ4v) is 3.45.